The van der Waals surface area contributed by atoms with Crippen LogP contribution in [0.3, 0.4) is 0 Å². The third kappa shape index (κ3) is 4.06. The lowest BCUT2D eigenvalue weighted by Gasteiger charge is -2.33. The number of carbonyl (C=O) groups is 1. The monoisotopic (exact) mass is 293 g/mol. The summed E-state index contributed by atoms with van der Waals surface area (Å²) in [6, 6.07) is 0.229. The molecule has 0 spiro atoms. The van der Waals surface area contributed by atoms with Gasteiger partial charge in [0.15, 0.2) is 0 Å². The number of nitrogens with zero attached hydrogens (tertiary/aromatic N) is 2. The molecule has 1 N–H and O–H groups in total. The van der Waals surface area contributed by atoms with Gasteiger partial charge in [-0.3, -0.25) is 4.79 Å². The van der Waals surface area contributed by atoms with Crippen LogP contribution in [0.15, 0.2) is 4.52 Å². The highest BCUT2D eigenvalue weighted by Gasteiger charge is 2.24. The van der Waals surface area contributed by atoms with Crippen molar-refractivity contribution in [2.75, 3.05) is 19.6 Å². The lowest BCUT2D eigenvalue weighted by molar-refractivity contribution is -0.133. The molecule has 0 saturated carbocycles. The topological polar surface area (TPSA) is 58.4 Å². The molecule has 0 unspecified atom stereocenters. The standard InChI is InChI=1S/C16H27N3O2/c1-11(2)19(10-14-5-7-17-8-6-14)16(20)9-15-12(3)18-21-13(15)4/h11,14,17H,5-10H2,1-4H3. The smallest absolute Gasteiger partial charge is 0.227 e. The first-order chi connectivity index (χ1) is 9.99. The van der Waals surface area contributed by atoms with Crippen LogP contribution in [0, 0.1) is 19.8 Å². The van der Waals surface area contributed by atoms with E-state index >= 15 is 0 Å². The third-order valence-corrected chi connectivity index (χ3v) is 4.37. The van der Waals surface area contributed by atoms with Crippen molar-refractivity contribution in [3.63, 3.8) is 0 Å². The Hall–Kier alpha value is -1.36. The third-order valence-electron chi connectivity index (χ3n) is 4.37. The number of aromatic nitrogens is 1. The predicted octanol–water partition coefficient (Wildman–Crippen LogP) is 2.07. The van der Waals surface area contributed by atoms with Crippen molar-refractivity contribution < 1.29 is 9.32 Å². The van der Waals surface area contributed by atoms with Crippen LogP contribution in [0.5, 0.6) is 0 Å². The average Bonchev–Trinajstić information content (AvgIpc) is 2.77. The van der Waals surface area contributed by atoms with Crippen LogP contribution in [0.1, 0.15) is 43.7 Å². The number of nitrogens with one attached hydrogen (secondary N) is 1. The lowest BCUT2D eigenvalue weighted by Crippen LogP contribution is -2.43. The second-order valence-electron chi connectivity index (χ2n) is 6.31. The Morgan fingerprint density at radius 3 is 2.57 bits per heavy atom. The summed E-state index contributed by atoms with van der Waals surface area (Å²) in [6.45, 7) is 10.9. The molecule has 1 saturated heterocycles. The molecule has 0 aliphatic carbocycles. The highest BCUT2D eigenvalue weighted by molar-refractivity contribution is 5.79. The van der Waals surface area contributed by atoms with Crippen molar-refractivity contribution >= 4 is 5.91 Å². The SMILES string of the molecule is Cc1noc(C)c1CC(=O)N(CC1CCNCC1)C(C)C. The van der Waals surface area contributed by atoms with E-state index < -0.39 is 0 Å². The summed E-state index contributed by atoms with van der Waals surface area (Å²) in [6.07, 6.45) is 2.70. The molecule has 0 aromatic carbocycles. The van der Waals surface area contributed by atoms with Gasteiger partial charge in [-0.05, 0) is 59.5 Å². The van der Waals surface area contributed by atoms with Crippen molar-refractivity contribution in [3.8, 4) is 0 Å². The molecule has 1 amide bonds. The molecule has 1 aliphatic rings. The summed E-state index contributed by atoms with van der Waals surface area (Å²) in [5, 5.41) is 7.31. The van der Waals surface area contributed by atoms with Gasteiger partial charge in [-0.25, -0.2) is 0 Å². The molecule has 2 heterocycles. The van der Waals surface area contributed by atoms with Crippen LogP contribution in [-0.4, -0.2) is 41.6 Å². The van der Waals surface area contributed by atoms with Gasteiger partial charge in [0, 0.05) is 18.2 Å². The van der Waals surface area contributed by atoms with Crippen LogP contribution >= 0.6 is 0 Å². The molecule has 0 radical (unpaired) electrons. The Morgan fingerprint density at radius 1 is 1.38 bits per heavy atom. The quantitative estimate of drug-likeness (QED) is 0.903. The molecule has 0 atom stereocenters. The number of amides is 1. The zero-order valence-corrected chi connectivity index (χ0v) is 13.6. The molecule has 21 heavy (non-hydrogen) atoms. The van der Waals surface area contributed by atoms with E-state index in [2.05, 4.69) is 24.3 Å². The molecule has 1 fully saturated rings. The molecule has 5 nitrogen and oxygen atoms in total. The van der Waals surface area contributed by atoms with Crippen LogP contribution < -0.4 is 5.32 Å². The Kier molecular flexibility index (Phi) is 5.39. The van der Waals surface area contributed by atoms with E-state index in [1.165, 1.54) is 0 Å². The summed E-state index contributed by atoms with van der Waals surface area (Å²) < 4.78 is 5.16. The first-order valence-electron chi connectivity index (χ1n) is 7.91. The molecular formula is C16H27N3O2. The number of hydrogen-bond acceptors (Lipinski definition) is 4. The zero-order chi connectivity index (χ0) is 15.4. The number of carbonyl (C=O) groups excluding carboxylic acids is 1. The summed E-state index contributed by atoms with van der Waals surface area (Å²) in [7, 11) is 0. The first kappa shape index (κ1) is 16.0. The van der Waals surface area contributed by atoms with Crippen LogP contribution in [0.25, 0.3) is 0 Å². The van der Waals surface area contributed by atoms with Gasteiger partial charge < -0.3 is 14.7 Å². The van der Waals surface area contributed by atoms with Crippen molar-refractivity contribution in [3.05, 3.63) is 17.0 Å². The molecular weight excluding hydrogens is 266 g/mol. The van der Waals surface area contributed by atoms with E-state index in [9.17, 15) is 4.79 Å². The summed E-state index contributed by atoms with van der Waals surface area (Å²) in [4.78, 5) is 14.7. The molecule has 1 aromatic heterocycles. The summed E-state index contributed by atoms with van der Waals surface area (Å²) in [5.41, 5.74) is 1.77. The summed E-state index contributed by atoms with van der Waals surface area (Å²) in [5.74, 6) is 1.55. The first-order valence-corrected chi connectivity index (χ1v) is 7.91. The van der Waals surface area contributed by atoms with E-state index in [0.29, 0.717) is 12.3 Å². The Balaban J connectivity index is 2.01. The number of piperidine rings is 1. The number of hydrogen-bond donors (Lipinski definition) is 1. The van der Waals surface area contributed by atoms with Crippen molar-refractivity contribution in [1.82, 2.24) is 15.4 Å². The van der Waals surface area contributed by atoms with Gasteiger partial charge in [-0.2, -0.15) is 0 Å². The molecule has 1 aromatic rings. The molecule has 118 valence electrons. The second-order valence-corrected chi connectivity index (χ2v) is 6.31. The average molecular weight is 293 g/mol. The van der Waals surface area contributed by atoms with E-state index in [4.69, 9.17) is 4.52 Å². The molecule has 0 bridgehead atoms. The van der Waals surface area contributed by atoms with E-state index in [-0.39, 0.29) is 11.9 Å². The maximum Gasteiger partial charge on any atom is 0.227 e. The van der Waals surface area contributed by atoms with Gasteiger partial charge in [-0.15, -0.1) is 0 Å². The summed E-state index contributed by atoms with van der Waals surface area (Å²) >= 11 is 0. The number of aryl methyl sites for hydroxylation is 2. The fourth-order valence-electron chi connectivity index (χ4n) is 2.95. The number of rotatable bonds is 5. The van der Waals surface area contributed by atoms with E-state index in [1.807, 2.05) is 18.7 Å². The normalized spacial score (nSPS) is 16.4. The van der Waals surface area contributed by atoms with Crippen LogP contribution in [0.4, 0.5) is 0 Å². The highest BCUT2D eigenvalue weighted by Crippen LogP contribution is 2.18. The maximum absolute atomic E-state index is 12.7. The largest absolute Gasteiger partial charge is 0.361 e. The van der Waals surface area contributed by atoms with Crippen molar-refractivity contribution in [2.45, 2.75) is 53.0 Å². The van der Waals surface area contributed by atoms with Gasteiger partial charge in [0.2, 0.25) is 5.91 Å². The Bertz CT molecular complexity index is 456. The minimum atomic E-state index is 0.179. The minimum Gasteiger partial charge on any atom is -0.361 e. The predicted molar refractivity (Wildman–Crippen MR) is 82.1 cm³/mol. The van der Waals surface area contributed by atoms with Crippen molar-refractivity contribution in [1.29, 1.82) is 0 Å². The van der Waals surface area contributed by atoms with Crippen molar-refractivity contribution in [2.24, 2.45) is 5.92 Å². The van der Waals surface area contributed by atoms with Gasteiger partial charge in [0.1, 0.15) is 5.76 Å². The van der Waals surface area contributed by atoms with Crippen LogP contribution in [-0.2, 0) is 11.2 Å². The maximum atomic E-state index is 12.7. The van der Waals surface area contributed by atoms with Gasteiger partial charge in [0.05, 0.1) is 12.1 Å². The second kappa shape index (κ2) is 7.07. The van der Waals surface area contributed by atoms with E-state index in [0.717, 1.165) is 49.5 Å². The fourth-order valence-corrected chi connectivity index (χ4v) is 2.95. The Morgan fingerprint density at radius 2 is 2.05 bits per heavy atom. The zero-order valence-electron chi connectivity index (χ0n) is 13.6. The van der Waals surface area contributed by atoms with Gasteiger partial charge >= 0.3 is 0 Å². The molecule has 2 rings (SSSR count). The Labute approximate surface area is 127 Å². The molecule has 1 aliphatic heterocycles. The fraction of sp³-hybridized carbons (Fsp3) is 0.750. The van der Waals surface area contributed by atoms with E-state index in [1.54, 1.807) is 0 Å². The minimum absolute atomic E-state index is 0.179. The highest BCUT2D eigenvalue weighted by atomic mass is 16.5. The van der Waals surface area contributed by atoms with Crippen LogP contribution in [0.2, 0.25) is 0 Å². The molecule has 5 heteroatoms. The van der Waals surface area contributed by atoms with Gasteiger partial charge in [0.25, 0.3) is 0 Å². The van der Waals surface area contributed by atoms with Gasteiger partial charge in [-0.1, -0.05) is 5.16 Å². The lowest BCUT2D eigenvalue weighted by atomic mass is 9.96.